The second kappa shape index (κ2) is 5.39. The van der Waals surface area contributed by atoms with Gasteiger partial charge in [-0.1, -0.05) is 15.9 Å². The van der Waals surface area contributed by atoms with Crippen LogP contribution in [0.2, 0.25) is 0 Å². The van der Waals surface area contributed by atoms with Gasteiger partial charge in [0.05, 0.1) is 0 Å². The number of hydrogen-bond donors (Lipinski definition) is 1. The summed E-state index contributed by atoms with van der Waals surface area (Å²) in [6.07, 6.45) is -4.35. The molecule has 0 fully saturated rings. The molecule has 0 saturated heterocycles. The maximum Gasteiger partial charge on any atom is 0.404 e. The third-order valence-corrected chi connectivity index (χ3v) is 2.67. The molecule has 0 radical (unpaired) electrons. The van der Waals surface area contributed by atoms with Crippen molar-refractivity contribution >= 4 is 21.8 Å². The Hall–Kier alpha value is -1.24. The quantitative estimate of drug-likeness (QED) is 0.869. The smallest absolute Gasteiger partial charge is 0.404 e. The first-order valence-electron chi connectivity index (χ1n) is 4.54. The van der Waals surface area contributed by atoms with E-state index in [4.69, 9.17) is 10.5 Å². The molecule has 2 N–H and O–H groups in total. The number of halogens is 4. The second-order valence-corrected chi connectivity index (χ2v) is 4.31. The molecule has 7 heteroatoms. The molecule has 17 heavy (non-hydrogen) atoms. The number of amides is 1. The standard InChI is InChI=1S/C10H9BrF3NO2/c11-8(10(12,13)14)5-17-7-3-1-6(2-4-7)9(15)16/h1-4,8H,5H2,(H2,15,16). The fourth-order valence-corrected chi connectivity index (χ4v) is 1.11. The van der Waals surface area contributed by atoms with Crippen LogP contribution in [-0.2, 0) is 0 Å². The van der Waals surface area contributed by atoms with Gasteiger partial charge in [0.2, 0.25) is 5.91 Å². The van der Waals surface area contributed by atoms with Gasteiger partial charge in [-0.05, 0) is 24.3 Å². The van der Waals surface area contributed by atoms with Crippen LogP contribution >= 0.6 is 15.9 Å². The van der Waals surface area contributed by atoms with E-state index in [0.29, 0.717) is 0 Å². The van der Waals surface area contributed by atoms with Gasteiger partial charge in [-0.25, -0.2) is 0 Å². The number of primary amides is 1. The first kappa shape index (κ1) is 13.8. The largest absolute Gasteiger partial charge is 0.492 e. The SMILES string of the molecule is NC(=O)c1ccc(OCC(Br)C(F)(F)F)cc1. The highest BCUT2D eigenvalue weighted by Gasteiger charge is 2.38. The van der Waals surface area contributed by atoms with Crippen LogP contribution in [0, 0.1) is 0 Å². The maximum atomic E-state index is 12.1. The van der Waals surface area contributed by atoms with E-state index in [0.717, 1.165) is 0 Å². The maximum absolute atomic E-state index is 12.1. The minimum absolute atomic E-state index is 0.240. The molecule has 1 atom stereocenters. The van der Waals surface area contributed by atoms with E-state index in [2.05, 4.69) is 15.9 Å². The van der Waals surface area contributed by atoms with E-state index in [-0.39, 0.29) is 11.3 Å². The summed E-state index contributed by atoms with van der Waals surface area (Å²) in [4.78, 5) is 9.00. The summed E-state index contributed by atoms with van der Waals surface area (Å²) in [6, 6.07) is 5.54. The van der Waals surface area contributed by atoms with Gasteiger partial charge in [0.15, 0.2) is 0 Å². The molecule has 0 saturated carbocycles. The summed E-state index contributed by atoms with van der Waals surface area (Å²) in [7, 11) is 0. The Morgan fingerprint density at radius 1 is 1.35 bits per heavy atom. The van der Waals surface area contributed by atoms with Crippen molar-refractivity contribution in [3.05, 3.63) is 29.8 Å². The normalized spacial score (nSPS) is 13.2. The van der Waals surface area contributed by atoms with E-state index >= 15 is 0 Å². The molecule has 0 aliphatic carbocycles. The van der Waals surface area contributed by atoms with Gasteiger partial charge in [-0.15, -0.1) is 0 Å². The summed E-state index contributed by atoms with van der Waals surface area (Å²) >= 11 is 2.47. The highest BCUT2D eigenvalue weighted by molar-refractivity contribution is 9.09. The van der Waals surface area contributed by atoms with E-state index < -0.39 is 23.5 Å². The number of hydrogen-bond acceptors (Lipinski definition) is 2. The molecule has 1 aromatic carbocycles. The fourth-order valence-electron chi connectivity index (χ4n) is 0.979. The zero-order chi connectivity index (χ0) is 13.1. The van der Waals surface area contributed by atoms with E-state index in [1.54, 1.807) is 0 Å². The van der Waals surface area contributed by atoms with Gasteiger partial charge < -0.3 is 10.5 Å². The Bertz CT molecular complexity index is 392. The van der Waals surface area contributed by atoms with Gasteiger partial charge in [-0.3, -0.25) is 4.79 Å². The summed E-state index contributed by atoms with van der Waals surface area (Å²) in [5, 5.41) is 0. The number of alkyl halides is 4. The predicted molar refractivity (Wildman–Crippen MR) is 59.2 cm³/mol. The predicted octanol–water partition coefficient (Wildman–Crippen LogP) is 2.49. The molecular weight excluding hydrogens is 303 g/mol. The Labute approximate surface area is 104 Å². The number of nitrogens with two attached hydrogens (primary N) is 1. The average molecular weight is 312 g/mol. The van der Waals surface area contributed by atoms with E-state index in [1.807, 2.05) is 0 Å². The molecule has 1 rings (SSSR count). The second-order valence-electron chi connectivity index (χ2n) is 3.21. The van der Waals surface area contributed by atoms with Crippen LogP contribution in [0.25, 0.3) is 0 Å². The van der Waals surface area contributed by atoms with E-state index in [9.17, 15) is 18.0 Å². The van der Waals surface area contributed by atoms with E-state index in [1.165, 1.54) is 24.3 Å². The molecule has 0 spiro atoms. The lowest BCUT2D eigenvalue weighted by Gasteiger charge is -2.14. The summed E-state index contributed by atoms with van der Waals surface area (Å²) < 4.78 is 41.3. The van der Waals surface area contributed by atoms with Crippen molar-refractivity contribution in [3.63, 3.8) is 0 Å². The van der Waals surface area contributed by atoms with Crippen LogP contribution in [0.3, 0.4) is 0 Å². The molecule has 0 heterocycles. The lowest BCUT2D eigenvalue weighted by atomic mass is 10.2. The first-order valence-corrected chi connectivity index (χ1v) is 5.45. The Morgan fingerprint density at radius 3 is 2.29 bits per heavy atom. The topological polar surface area (TPSA) is 52.3 Å². The van der Waals surface area contributed by atoms with Crippen LogP contribution < -0.4 is 10.5 Å². The highest BCUT2D eigenvalue weighted by Crippen LogP contribution is 2.27. The molecule has 1 unspecified atom stereocenters. The number of carbonyl (C=O) groups excluding carboxylic acids is 1. The molecule has 1 aromatic rings. The Balaban J connectivity index is 2.56. The average Bonchev–Trinajstić information content (AvgIpc) is 2.25. The molecule has 0 bridgehead atoms. The molecule has 1 amide bonds. The van der Waals surface area contributed by atoms with Crippen LogP contribution in [0.5, 0.6) is 5.75 Å². The first-order chi connectivity index (χ1) is 7.80. The summed E-state index contributed by atoms with van der Waals surface area (Å²) in [5.41, 5.74) is 5.27. The van der Waals surface area contributed by atoms with Crippen LogP contribution in [0.15, 0.2) is 24.3 Å². The van der Waals surface area contributed by atoms with Gasteiger partial charge >= 0.3 is 6.18 Å². The monoisotopic (exact) mass is 311 g/mol. The molecule has 0 aliphatic heterocycles. The van der Waals surface area contributed by atoms with Crippen molar-refractivity contribution in [3.8, 4) is 5.75 Å². The van der Waals surface area contributed by atoms with Crippen LogP contribution in [-0.4, -0.2) is 23.5 Å². The number of carbonyl (C=O) groups is 1. The van der Waals surface area contributed by atoms with Gasteiger partial charge in [0.25, 0.3) is 0 Å². The number of benzene rings is 1. The Kier molecular flexibility index (Phi) is 4.39. The number of rotatable bonds is 4. The molecule has 3 nitrogen and oxygen atoms in total. The van der Waals surface area contributed by atoms with Crippen molar-refractivity contribution in [2.24, 2.45) is 5.73 Å². The summed E-state index contributed by atoms with van der Waals surface area (Å²) in [5.74, 6) is -0.367. The molecule has 0 aliphatic rings. The van der Waals surface area contributed by atoms with Gasteiger partial charge in [0, 0.05) is 5.56 Å². The minimum atomic E-state index is -4.35. The Morgan fingerprint density at radius 2 is 1.88 bits per heavy atom. The summed E-state index contributed by atoms with van der Waals surface area (Å²) in [6.45, 7) is -0.542. The lowest BCUT2D eigenvalue weighted by Crippen LogP contribution is -2.28. The molecular formula is C10H9BrF3NO2. The van der Waals surface area contributed by atoms with Crippen LogP contribution in [0.1, 0.15) is 10.4 Å². The van der Waals surface area contributed by atoms with Crippen molar-refractivity contribution in [1.29, 1.82) is 0 Å². The van der Waals surface area contributed by atoms with Gasteiger partial charge in [-0.2, -0.15) is 13.2 Å². The zero-order valence-electron chi connectivity index (χ0n) is 8.50. The third-order valence-electron chi connectivity index (χ3n) is 1.89. The van der Waals surface area contributed by atoms with Crippen molar-refractivity contribution < 1.29 is 22.7 Å². The minimum Gasteiger partial charge on any atom is -0.492 e. The van der Waals surface area contributed by atoms with Crippen molar-refractivity contribution in [2.45, 2.75) is 11.0 Å². The van der Waals surface area contributed by atoms with Crippen molar-refractivity contribution in [1.82, 2.24) is 0 Å². The molecule has 94 valence electrons. The van der Waals surface area contributed by atoms with Gasteiger partial charge in [0.1, 0.15) is 17.2 Å². The third kappa shape index (κ3) is 4.26. The number of ether oxygens (including phenoxy) is 1. The van der Waals surface area contributed by atoms with Crippen LogP contribution in [0.4, 0.5) is 13.2 Å². The fraction of sp³-hybridized carbons (Fsp3) is 0.300. The lowest BCUT2D eigenvalue weighted by molar-refractivity contribution is -0.132. The highest BCUT2D eigenvalue weighted by atomic mass is 79.9. The molecule has 0 aromatic heterocycles. The van der Waals surface area contributed by atoms with Crippen molar-refractivity contribution in [2.75, 3.05) is 6.61 Å². The zero-order valence-corrected chi connectivity index (χ0v) is 10.1.